The second-order valence-corrected chi connectivity index (χ2v) is 6.52. The predicted octanol–water partition coefficient (Wildman–Crippen LogP) is 1.71. The van der Waals surface area contributed by atoms with Crippen LogP contribution in [0, 0.1) is 24.5 Å². The lowest BCUT2D eigenvalue weighted by molar-refractivity contribution is 0.507. The van der Waals surface area contributed by atoms with E-state index < -0.39 is 32.6 Å². The van der Waals surface area contributed by atoms with Gasteiger partial charge >= 0.3 is 0 Å². The predicted molar refractivity (Wildman–Crippen MR) is 74.2 cm³/mol. The first kappa shape index (κ1) is 17.3. The summed E-state index contributed by atoms with van der Waals surface area (Å²) in [6, 6.07) is 1.18. The second-order valence-electron chi connectivity index (χ2n) is 4.83. The van der Waals surface area contributed by atoms with Gasteiger partial charge in [-0.25, -0.2) is 21.9 Å². The maximum Gasteiger partial charge on any atom is 0.243 e. The summed E-state index contributed by atoms with van der Waals surface area (Å²) >= 11 is 0. The van der Waals surface area contributed by atoms with Crippen molar-refractivity contribution in [3.63, 3.8) is 0 Å². The van der Waals surface area contributed by atoms with Crippen molar-refractivity contribution in [3.05, 3.63) is 29.3 Å². The third kappa shape index (κ3) is 3.66. The Labute approximate surface area is 123 Å². The number of nitrogens with one attached hydrogen (secondary N) is 1. The smallest absolute Gasteiger partial charge is 0.243 e. The number of sulfonamides is 1. The Morgan fingerprint density at radius 2 is 1.95 bits per heavy atom. The van der Waals surface area contributed by atoms with Crippen molar-refractivity contribution >= 4 is 22.4 Å². The molecule has 1 aromatic carbocycles. The molecule has 0 spiro atoms. The molecule has 1 aromatic rings. The third-order valence-electron chi connectivity index (χ3n) is 3.25. The highest BCUT2D eigenvalue weighted by Crippen LogP contribution is 2.33. The zero-order chi connectivity index (χ0) is 14.2. The van der Waals surface area contributed by atoms with E-state index in [0.717, 1.165) is 18.9 Å². The van der Waals surface area contributed by atoms with Crippen molar-refractivity contribution in [2.75, 3.05) is 6.54 Å². The number of hydrogen-bond acceptors (Lipinski definition) is 3. The van der Waals surface area contributed by atoms with Crippen molar-refractivity contribution in [2.24, 2.45) is 11.7 Å². The average Bonchev–Trinajstić information content (AvgIpc) is 3.14. The van der Waals surface area contributed by atoms with Crippen LogP contribution in [0.2, 0.25) is 0 Å². The molecule has 2 rings (SSSR count). The summed E-state index contributed by atoms with van der Waals surface area (Å²) in [5.41, 5.74) is 5.59. The first-order valence-electron chi connectivity index (χ1n) is 6.03. The standard InChI is InChI=1S/C12H16F2N2O2S.ClH/c1-7-4-12(10(14)5-9(7)13)19(17,18)16-11(6-15)8-2-3-8;/h4-5,8,11,16H,2-3,6,15H2,1H3;1H. The highest BCUT2D eigenvalue weighted by Gasteiger charge is 2.34. The van der Waals surface area contributed by atoms with E-state index in [0.29, 0.717) is 6.07 Å². The SMILES string of the molecule is Cc1cc(S(=O)(=O)NC(CN)C2CC2)c(F)cc1F.Cl. The molecule has 1 unspecified atom stereocenters. The van der Waals surface area contributed by atoms with Crippen molar-refractivity contribution < 1.29 is 17.2 Å². The second kappa shape index (κ2) is 6.34. The minimum atomic E-state index is -4.02. The molecule has 3 N–H and O–H groups in total. The summed E-state index contributed by atoms with van der Waals surface area (Å²) < 4.78 is 53.3. The zero-order valence-corrected chi connectivity index (χ0v) is 12.5. The number of benzene rings is 1. The number of aryl methyl sites for hydroxylation is 1. The van der Waals surface area contributed by atoms with Gasteiger partial charge in [0.1, 0.15) is 16.5 Å². The lowest BCUT2D eigenvalue weighted by Crippen LogP contribution is -2.41. The summed E-state index contributed by atoms with van der Waals surface area (Å²) in [6.07, 6.45) is 1.82. The Morgan fingerprint density at radius 1 is 1.35 bits per heavy atom. The van der Waals surface area contributed by atoms with Crippen LogP contribution in [0.4, 0.5) is 8.78 Å². The molecule has 0 amide bonds. The molecule has 4 nitrogen and oxygen atoms in total. The summed E-state index contributed by atoms with van der Waals surface area (Å²) in [6.45, 7) is 1.54. The monoisotopic (exact) mass is 326 g/mol. The molecule has 0 bridgehead atoms. The van der Waals surface area contributed by atoms with Crippen molar-refractivity contribution in [1.82, 2.24) is 4.72 Å². The Bertz CT molecular complexity index is 591. The Morgan fingerprint density at radius 3 is 2.45 bits per heavy atom. The minimum absolute atomic E-state index is 0. The molecule has 0 heterocycles. The van der Waals surface area contributed by atoms with Crippen LogP contribution in [0.15, 0.2) is 17.0 Å². The Balaban J connectivity index is 0.00000200. The van der Waals surface area contributed by atoms with Crippen LogP contribution >= 0.6 is 12.4 Å². The number of hydrogen-bond donors (Lipinski definition) is 2. The van der Waals surface area contributed by atoms with E-state index >= 15 is 0 Å². The van der Waals surface area contributed by atoms with Crippen LogP contribution in [-0.4, -0.2) is 21.0 Å². The Kier molecular flexibility index (Phi) is 5.48. The maximum atomic E-state index is 13.6. The first-order valence-corrected chi connectivity index (χ1v) is 7.51. The maximum absolute atomic E-state index is 13.6. The van der Waals surface area contributed by atoms with Crippen LogP contribution in [0.1, 0.15) is 18.4 Å². The third-order valence-corrected chi connectivity index (χ3v) is 4.76. The molecule has 1 aliphatic rings. The fraction of sp³-hybridized carbons (Fsp3) is 0.500. The van der Waals surface area contributed by atoms with Crippen LogP contribution in [0.25, 0.3) is 0 Å². The number of halogens is 3. The van der Waals surface area contributed by atoms with Crippen LogP contribution < -0.4 is 10.5 Å². The molecule has 0 aliphatic heterocycles. The molecule has 1 atom stereocenters. The molecule has 8 heteroatoms. The number of nitrogens with two attached hydrogens (primary N) is 1. The zero-order valence-electron chi connectivity index (χ0n) is 10.9. The largest absolute Gasteiger partial charge is 0.329 e. The van der Waals surface area contributed by atoms with E-state index in [1.807, 2.05) is 0 Å². The summed E-state index contributed by atoms with van der Waals surface area (Å²) in [4.78, 5) is -0.537. The highest BCUT2D eigenvalue weighted by atomic mass is 35.5. The van der Waals surface area contributed by atoms with Gasteiger partial charge in [-0.2, -0.15) is 0 Å². The van der Waals surface area contributed by atoms with Gasteiger partial charge in [-0.1, -0.05) is 0 Å². The van der Waals surface area contributed by atoms with Crippen LogP contribution in [-0.2, 0) is 10.0 Å². The van der Waals surface area contributed by atoms with Crippen LogP contribution in [0.3, 0.4) is 0 Å². The van der Waals surface area contributed by atoms with Gasteiger partial charge in [0, 0.05) is 18.7 Å². The molecular formula is C12H17ClF2N2O2S. The minimum Gasteiger partial charge on any atom is -0.329 e. The summed E-state index contributed by atoms with van der Waals surface area (Å²) in [5.74, 6) is -1.65. The van der Waals surface area contributed by atoms with E-state index in [9.17, 15) is 17.2 Å². The molecule has 0 radical (unpaired) electrons. The van der Waals surface area contributed by atoms with E-state index in [2.05, 4.69) is 4.72 Å². The fourth-order valence-corrected chi connectivity index (χ4v) is 3.40. The van der Waals surface area contributed by atoms with Crippen molar-refractivity contribution in [2.45, 2.75) is 30.7 Å². The van der Waals surface area contributed by atoms with Gasteiger partial charge in [-0.05, 0) is 37.3 Å². The topological polar surface area (TPSA) is 72.2 Å². The van der Waals surface area contributed by atoms with E-state index in [4.69, 9.17) is 5.73 Å². The average molecular weight is 327 g/mol. The van der Waals surface area contributed by atoms with E-state index in [1.54, 1.807) is 0 Å². The van der Waals surface area contributed by atoms with Crippen molar-refractivity contribution in [3.8, 4) is 0 Å². The first-order chi connectivity index (χ1) is 8.85. The van der Waals surface area contributed by atoms with Gasteiger partial charge in [0.2, 0.25) is 10.0 Å². The molecule has 0 aromatic heterocycles. The highest BCUT2D eigenvalue weighted by molar-refractivity contribution is 7.89. The fourth-order valence-electron chi connectivity index (χ4n) is 1.93. The summed E-state index contributed by atoms with van der Waals surface area (Å²) in [7, 11) is -4.02. The van der Waals surface area contributed by atoms with Gasteiger partial charge < -0.3 is 5.73 Å². The molecule has 1 saturated carbocycles. The lowest BCUT2D eigenvalue weighted by Gasteiger charge is -2.16. The normalized spacial score (nSPS) is 16.6. The van der Waals surface area contributed by atoms with Gasteiger partial charge in [0.25, 0.3) is 0 Å². The van der Waals surface area contributed by atoms with E-state index in [-0.39, 0.29) is 30.4 Å². The molecule has 20 heavy (non-hydrogen) atoms. The summed E-state index contributed by atoms with van der Waals surface area (Å²) in [5, 5.41) is 0. The van der Waals surface area contributed by atoms with Gasteiger partial charge in [-0.3, -0.25) is 0 Å². The molecule has 1 aliphatic carbocycles. The quantitative estimate of drug-likeness (QED) is 0.865. The number of rotatable bonds is 5. The molecular weight excluding hydrogens is 310 g/mol. The molecule has 1 fully saturated rings. The molecule has 114 valence electrons. The van der Waals surface area contributed by atoms with Gasteiger partial charge in [0.15, 0.2) is 0 Å². The molecule has 0 saturated heterocycles. The Hall–Kier alpha value is -0.760. The van der Waals surface area contributed by atoms with Gasteiger partial charge in [-0.15, -0.1) is 12.4 Å². The van der Waals surface area contributed by atoms with Crippen molar-refractivity contribution in [1.29, 1.82) is 0 Å². The van der Waals surface area contributed by atoms with Gasteiger partial charge in [0.05, 0.1) is 0 Å². The van der Waals surface area contributed by atoms with Crippen LogP contribution in [0.5, 0.6) is 0 Å². The van der Waals surface area contributed by atoms with E-state index in [1.165, 1.54) is 6.92 Å². The lowest BCUT2D eigenvalue weighted by atomic mass is 10.2.